The van der Waals surface area contributed by atoms with Gasteiger partial charge in [-0.3, -0.25) is 38.1 Å². The highest BCUT2D eigenvalue weighted by Gasteiger charge is 2.35. The van der Waals surface area contributed by atoms with Crippen molar-refractivity contribution in [1.29, 1.82) is 0 Å². The van der Waals surface area contributed by atoms with Gasteiger partial charge in [0.2, 0.25) is 29.5 Å². The maximum atomic E-state index is 14.4. The molecule has 20 nitrogen and oxygen atoms in total. The summed E-state index contributed by atoms with van der Waals surface area (Å²) in [5.41, 5.74) is 2.98. The van der Waals surface area contributed by atoms with Gasteiger partial charge in [-0.1, -0.05) is 115 Å². The normalized spacial score (nSPS) is 15.6. The number of hydrogen-bond acceptors (Lipinski definition) is 13. The summed E-state index contributed by atoms with van der Waals surface area (Å²) in [6.45, 7) is 16.7. The Morgan fingerprint density at radius 2 is 1.51 bits per heavy atom. The number of benzene rings is 4. The van der Waals surface area contributed by atoms with E-state index in [0.717, 1.165) is 18.2 Å². The third-order valence-electron chi connectivity index (χ3n) is 14.5. The molecule has 2 fully saturated rings. The number of rotatable bonds is 27. The van der Waals surface area contributed by atoms with E-state index in [0.29, 0.717) is 41.6 Å². The molecule has 0 bridgehead atoms. The Hall–Kier alpha value is -6.98. The maximum Gasteiger partial charge on any atom is 0.303 e. The molecule has 1 aromatic heterocycles. The van der Waals surface area contributed by atoms with Gasteiger partial charge in [-0.05, 0) is 120 Å². The molecule has 22 heteroatoms. The van der Waals surface area contributed by atoms with Crippen molar-refractivity contribution in [3.63, 3.8) is 0 Å². The SMILES string of the molecule is CCC.CCOc1ccc2ccccc2c1C(=O)NC(Cc1ccc(CS(=O)(=O)O)c(CNCC2CCCO2)c1)C(=O)NCC(=O)N1CCCC1C(=O)NCC(=O)NC(CCCC(=O)O)C(=O)NC(C(C)C)C(C)C.Cc1csc2ccccc12. The van der Waals surface area contributed by atoms with Gasteiger partial charge in [0.25, 0.3) is 16.0 Å². The Bertz CT molecular complexity index is 3150. The summed E-state index contributed by atoms with van der Waals surface area (Å²) in [6, 6.07) is 20.5. The first-order valence-corrected chi connectivity index (χ1v) is 31.9. The molecule has 0 aliphatic carbocycles. The summed E-state index contributed by atoms with van der Waals surface area (Å²) < 4.78 is 46.7. The molecule has 2 aliphatic heterocycles. The van der Waals surface area contributed by atoms with E-state index in [9.17, 15) is 51.6 Å². The first-order valence-electron chi connectivity index (χ1n) is 29.5. The molecule has 464 valence electrons. The average molecular weight is 1210 g/mol. The van der Waals surface area contributed by atoms with E-state index in [1.54, 1.807) is 43.3 Å². The van der Waals surface area contributed by atoms with E-state index in [-0.39, 0.29) is 87.1 Å². The predicted molar refractivity (Wildman–Crippen MR) is 331 cm³/mol. The van der Waals surface area contributed by atoms with Gasteiger partial charge in [0.15, 0.2) is 0 Å². The Morgan fingerprint density at radius 3 is 2.16 bits per heavy atom. The van der Waals surface area contributed by atoms with Crippen LogP contribution in [-0.2, 0) is 62.3 Å². The summed E-state index contributed by atoms with van der Waals surface area (Å²) in [6.07, 6.45) is 3.62. The van der Waals surface area contributed by atoms with Crippen molar-refractivity contribution in [2.45, 2.75) is 156 Å². The second kappa shape index (κ2) is 34.2. The number of hydrogen-bond donors (Lipinski definition) is 8. The van der Waals surface area contributed by atoms with Gasteiger partial charge in [-0.25, -0.2) is 0 Å². The van der Waals surface area contributed by atoms with Crippen LogP contribution in [0.25, 0.3) is 20.9 Å². The van der Waals surface area contributed by atoms with Crippen LogP contribution in [0, 0.1) is 18.8 Å². The average Bonchev–Trinajstić information content (AvgIpc) is 4.38. The zero-order chi connectivity index (χ0) is 62.2. The van der Waals surface area contributed by atoms with Crippen molar-refractivity contribution in [3.05, 3.63) is 112 Å². The zero-order valence-corrected chi connectivity index (χ0v) is 51.9. The van der Waals surface area contributed by atoms with E-state index in [4.69, 9.17) is 9.47 Å². The first-order chi connectivity index (χ1) is 40.5. The van der Waals surface area contributed by atoms with E-state index in [2.05, 4.69) is 82.3 Å². The highest BCUT2D eigenvalue weighted by Crippen LogP contribution is 2.29. The van der Waals surface area contributed by atoms with Crippen molar-refractivity contribution in [2.24, 2.45) is 11.8 Å². The maximum absolute atomic E-state index is 14.4. The van der Waals surface area contributed by atoms with Crippen LogP contribution < -0.4 is 36.6 Å². The van der Waals surface area contributed by atoms with Crippen LogP contribution in [0.3, 0.4) is 0 Å². The van der Waals surface area contributed by atoms with Crippen molar-refractivity contribution >= 4 is 83.7 Å². The van der Waals surface area contributed by atoms with E-state index in [1.165, 1.54) is 27.0 Å². The molecule has 7 rings (SSSR count). The van der Waals surface area contributed by atoms with Crippen LogP contribution >= 0.6 is 11.3 Å². The number of carbonyl (C=O) groups excluding carboxylic acids is 6. The molecule has 0 radical (unpaired) electrons. The van der Waals surface area contributed by atoms with Gasteiger partial charge in [-0.15, -0.1) is 11.3 Å². The second-order valence-electron chi connectivity index (χ2n) is 22.1. The molecule has 0 spiro atoms. The summed E-state index contributed by atoms with van der Waals surface area (Å²) in [4.78, 5) is 95.0. The Morgan fingerprint density at radius 1 is 0.800 bits per heavy atom. The van der Waals surface area contributed by atoms with Crippen LogP contribution in [-0.4, -0.2) is 134 Å². The van der Waals surface area contributed by atoms with Crippen LogP contribution in [0.4, 0.5) is 0 Å². The van der Waals surface area contributed by atoms with Crippen LogP contribution in [0.5, 0.6) is 5.75 Å². The lowest BCUT2D eigenvalue weighted by Gasteiger charge is -2.29. The smallest absolute Gasteiger partial charge is 0.303 e. The summed E-state index contributed by atoms with van der Waals surface area (Å²) in [7, 11) is -4.42. The number of carboxylic acids is 1. The molecule has 3 heterocycles. The lowest BCUT2D eigenvalue weighted by Crippen LogP contribution is -2.55. The molecule has 85 heavy (non-hydrogen) atoms. The Labute approximate surface area is 504 Å². The second-order valence-corrected chi connectivity index (χ2v) is 24.5. The van der Waals surface area contributed by atoms with Gasteiger partial charge in [-0.2, -0.15) is 8.42 Å². The number of carbonyl (C=O) groups is 7. The molecule has 4 unspecified atom stereocenters. The number of amides is 6. The minimum absolute atomic E-state index is 0.00722. The lowest BCUT2D eigenvalue weighted by atomic mass is 9.92. The van der Waals surface area contributed by atoms with Crippen LogP contribution in [0.15, 0.2) is 84.2 Å². The third-order valence-corrected chi connectivity index (χ3v) is 16.2. The summed E-state index contributed by atoms with van der Waals surface area (Å²) in [5, 5.41) is 31.0. The van der Waals surface area contributed by atoms with Gasteiger partial charge in [0.05, 0.1) is 31.4 Å². The van der Waals surface area contributed by atoms with Crippen molar-refractivity contribution in [2.75, 3.05) is 39.4 Å². The van der Waals surface area contributed by atoms with Gasteiger partial charge < -0.3 is 51.4 Å². The van der Waals surface area contributed by atoms with E-state index in [1.807, 2.05) is 57.2 Å². The number of thiophene rings is 1. The molecule has 4 atom stereocenters. The van der Waals surface area contributed by atoms with Crippen molar-refractivity contribution in [1.82, 2.24) is 36.8 Å². The molecule has 4 aromatic carbocycles. The first kappa shape index (κ1) is 68.8. The number of aliphatic carboxylic acids is 1. The van der Waals surface area contributed by atoms with Gasteiger partial charge in [0, 0.05) is 49.8 Å². The highest BCUT2D eigenvalue weighted by atomic mass is 32.2. The number of nitrogens with one attached hydrogen (secondary N) is 6. The largest absolute Gasteiger partial charge is 0.493 e. The highest BCUT2D eigenvalue weighted by molar-refractivity contribution is 7.85. The zero-order valence-electron chi connectivity index (χ0n) is 50.3. The van der Waals surface area contributed by atoms with Crippen molar-refractivity contribution in [3.8, 4) is 5.75 Å². The van der Waals surface area contributed by atoms with Crippen LogP contribution in [0.1, 0.15) is 132 Å². The summed E-state index contributed by atoms with van der Waals surface area (Å²) in [5.74, 6) is -4.98. The van der Waals surface area contributed by atoms with E-state index < -0.39 is 88.5 Å². The fourth-order valence-corrected chi connectivity index (χ4v) is 12.0. The molecule has 2 saturated heterocycles. The fourth-order valence-electron chi connectivity index (χ4n) is 10.4. The quantitative estimate of drug-likeness (QED) is 0.0235. The lowest BCUT2D eigenvalue weighted by molar-refractivity contribution is -0.139. The third kappa shape index (κ3) is 21.8. The molecule has 2 aliphatic rings. The van der Waals surface area contributed by atoms with Crippen molar-refractivity contribution < 1.29 is 61.1 Å². The van der Waals surface area contributed by atoms with Gasteiger partial charge in [0.1, 0.15) is 29.6 Å². The molecular weight excluding hydrogens is 1130 g/mol. The fraction of sp³-hybridized carbons (Fsp3) is 0.508. The number of ether oxygens (including phenoxy) is 2. The molecule has 6 amide bonds. The molecule has 8 N–H and O–H groups in total. The summed E-state index contributed by atoms with van der Waals surface area (Å²) >= 11 is 1.81. The molecule has 5 aromatic rings. The number of carboxylic acid groups (broad SMARTS) is 1. The minimum atomic E-state index is -4.42. The Balaban J connectivity index is 0.000000893. The minimum Gasteiger partial charge on any atom is -0.493 e. The number of fused-ring (bicyclic) bond motifs is 2. The standard InChI is InChI=1S/C51H71N7O13S.C9H8S.C3H8/c1-6-70-42-21-20-34-12-7-8-14-38(34)46(42)51(66)56-40(25-33-18-19-35(30-72(67,68)69)36(24-33)26-52-27-37-13-11-23-71-37)48(63)54-29-44(60)58-22-10-16-41(58)50(65)53-28-43(59)55-39(15-9-17-45(61)62)49(64)57-47(31(2)3)32(4)5;1-7-6-10-9-5-3-2-4-8(7)9;1-3-2/h7-8,12,14,18-21,24,31-32,37,39-41,47,52H,6,9-11,13,15-17,22-23,25-30H2,1-5H3,(H,53,65)(H,54,63)(H,55,59)(H,56,66)(H,57,64)(H,61,62)(H,67,68,69);2-6H,1H3;3H2,1-2H3. The van der Waals surface area contributed by atoms with Gasteiger partial charge >= 0.3 is 5.97 Å². The van der Waals surface area contributed by atoms with E-state index >= 15 is 0 Å². The number of nitrogens with zero attached hydrogens (tertiary/aromatic N) is 1. The molecular formula is C63H87N7O13S2. The monoisotopic (exact) mass is 1210 g/mol. The Kier molecular flexibility index (Phi) is 27.7. The molecule has 0 saturated carbocycles. The predicted octanol–water partition coefficient (Wildman–Crippen LogP) is 7.62. The number of aryl methyl sites for hydroxylation is 1. The van der Waals surface area contributed by atoms with Crippen LogP contribution in [0.2, 0.25) is 0 Å². The topological polar surface area (TPSA) is 288 Å². The number of likely N-dealkylation sites (tertiary alicyclic amines) is 1.